The van der Waals surface area contributed by atoms with Crippen LogP contribution in [0.3, 0.4) is 0 Å². The van der Waals surface area contributed by atoms with Crippen molar-refractivity contribution < 1.29 is 23.9 Å². The lowest BCUT2D eigenvalue weighted by Crippen LogP contribution is -2.44. The number of amides is 2. The predicted molar refractivity (Wildman–Crippen MR) is 74.5 cm³/mol. The molecule has 2 atom stereocenters. The van der Waals surface area contributed by atoms with Crippen LogP contribution in [0.2, 0.25) is 0 Å². The summed E-state index contributed by atoms with van der Waals surface area (Å²) >= 11 is 0. The third-order valence-corrected chi connectivity index (χ3v) is 3.53. The number of rotatable bonds is 4. The number of nitrogens with one attached hydrogen (secondary N) is 1. The minimum Gasteiger partial charge on any atom is -0.480 e. The molecule has 1 heterocycles. The fraction of sp³-hybridized carbons (Fsp3) is 0.357. The fourth-order valence-corrected chi connectivity index (χ4v) is 2.48. The van der Waals surface area contributed by atoms with Gasteiger partial charge in [0, 0.05) is 19.0 Å². The molecule has 0 aliphatic carbocycles. The van der Waals surface area contributed by atoms with Gasteiger partial charge in [-0.1, -0.05) is 12.1 Å². The Labute approximate surface area is 125 Å². The molecule has 1 fully saturated rings. The number of hydrogen-bond acceptors (Lipinski definition) is 4. The van der Waals surface area contributed by atoms with Crippen molar-refractivity contribution in [2.75, 3.05) is 13.1 Å². The van der Waals surface area contributed by atoms with Gasteiger partial charge < -0.3 is 21.1 Å². The minimum absolute atomic E-state index is 0.0349. The summed E-state index contributed by atoms with van der Waals surface area (Å²) in [6, 6.07) is 3.87. The van der Waals surface area contributed by atoms with Crippen molar-refractivity contribution in [2.45, 2.75) is 18.5 Å². The Balaban J connectivity index is 2.08. The molecule has 0 saturated carbocycles. The molecule has 0 bridgehead atoms. The highest BCUT2D eigenvalue weighted by Gasteiger charge is 2.39. The number of likely N-dealkylation sites (tertiary alicyclic amines) is 1. The van der Waals surface area contributed by atoms with Crippen LogP contribution in [0, 0.1) is 5.82 Å². The van der Waals surface area contributed by atoms with Gasteiger partial charge in [0.05, 0.1) is 12.1 Å². The highest BCUT2D eigenvalue weighted by atomic mass is 19.1. The molecular formula is C14H16FN3O4. The number of carboxylic acids is 1. The number of carbonyl (C=O) groups excluding carboxylic acids is 2. The Morgan fingerprint density at radius 1 is 1.36 bits per heavy atom. The van der Waals surface area contributed by atoms with Gasteiger partial charge in [-0.15, -0.1) is 0 Å². The first-order chi connectivity index (χ1) is 10.4. The molecule has 1 aromatic carbocycles. The maximum atomic E-state index is 13.5. The summed E-state index contributed by atoms with van der Waals surface area (Å²) in [7, 11) is 0. The number of hydrogen-bond donors (Lipinski definition) is 3. The largest absolute Gasteiger partial charge is 0.480 e. The lowest BCUT2D eigenvalue weighted by Gasteiger charge is -2.20. The number of nitrogens with zero attached hydrogens (tertiary/aromatic N) is 1. The molecule has 1 aromatic rings. The summed E-state index contributed by atoms with van der Waals surface area (Å²) in [5, 5.41) is 11.7. The monoisotopic (exact) mass is 309 g/mol. The van der Waals surface area contributed by atoms with E-state index < -0.39 is 35.7 Å². The lowest BCUT2D eigenvalue weighted by atomic mass is 10.1. The highest BCUT2D eigenvalue weighted by molar-refractivity contribution is 5.95. The van der Waals surface area contributed by atoms with Crippen LogP contribution < -0.4 is 11.1 Å². The van der Waals surface area contributed by atoms with Gasteiger partial charge in [0.2, 0.25) is 5.91 Å². The lowest BCUT2D eigenvalue weighted by molar-refractivity contribution is -0.147. The van der Waals surface area contributed by atoms with Crippen molar-refractivity contribution in [3.63, 3.8) is 0 Å². The standard InChI is InChI=1S/C14H16FN3O4/c15-10-4-2-1-3-9(10)13(20)17-8-5-11(14(21)22)18(7-8)12(19)6-16/h1-4,8,11H,5-7,16H2,(H,17,20)(H,21,22)/t8-,11+/m1/s1. The van der Waals surface area contributed by atoms with E-state index in [2.05, 4.69) is 5.32 Å². The molecule has 0 spiro atoms. The van der Waals surface area contributed by atoms with Crippen LogP contribution in [-0.4, -0.2) is 53.0 Å². The molecule has 4 N–H and O–H groups in total. The molecule has 0 radical (unpaired) electrons. The summed E-state index contributed by atoms with van der Waals surface area (Å²) in [4.78, 5) is 36.0. The summed E-state index contributed by atoms with van der Waals surface area (Å²) in [5.74, 6) is -2.98. The number of halogens is 1. The van der Waals surface area contributed by atoms with Crippen LogP contribution >= 0.6 is 0 Å². The normalized spacial score (nSPS) is 20.7. The van der Waals surface area contributed by atoms with Gasteiger partial charge in [-0.2, -0.15) is 0 Å². The average molecular weight is 309 g/mol. The fourth-order valence-electron chi connectivity index (χ4n) is 2.48. The highest BCUT2D eigenvalue weighted by Crippen LogP contribution is 2.19. The molecule has 8 heteroatoms. The quantitative estimate of drug-likeness (QED) is 0.698. The number of aliphatic carboxylic acids is 1. The third-order valence-electron chi connectivity index (χ3n) is 3.53. The first kappa shape index (κ1) is 15.9. The Hall–Kier alpha value is -2.48. The van der Waals surface area contributed by atoms with Gasteiger partial charge in [-0.25, -0.2) is 9.18 Å². The Kier molecular flexibility index (Phi) is 4.71. The van der Waals surface area contributed by atoms with Gasteiger partial charge in [0.1, 0.15) is 11.9 Å². The molecule has 22 heavy (non-hydrogen) atoms. The Bertz CT molecular complexity index is 608. The predicted octanol–water partition coefficient (Wildman–Crippen LogP) is -0.432. The van der Waals surface area contributed by atoms with E-state index in [4.69, 9.17) is 10.8 Å². The van der Waals surface area contributed by atoms with Crippen LogP contribution in [0.25, 0.3) is 0 Å². The van der Waals surface area contributed by atoms with Crippen molar-refractivity contribution in [1.29, 1.82) is 0 Å². The van der Waals surface area contributed by atoms with E-state index in [1.54, 1.807) is 0 Å². The molecule has 0 unspecified atom stereocenters. The summed E-state index contributed by atoms with van der Waals surface area (Å²) < 4.78 is 13.5. The average Bonchev–Trinajstić information content (AvgIpc) is 2.91. The van der Waals surface area contributed by atoms with Gasteiger partial charge in [0.15, 0.2) is 0 Å². The summed E-state index contributed by atoms with van der Waals surface area (Å²) in [6.07, 6.45) is 0.0568. The van der Waals surface area contributed by atoms with Crippen LogP contribution in [0.5, 0.6) is 0 Å². The van der Waals surface area contributed by atoms with E-state index in [1.165, 1.54) is 18.2 Å². The number of carbonyl (C=O) groups is 3. The Morgan fingerprint density at radius 3 is 2.64 bits per heavy atom. The van der Waals surface area contributed by atoms with Crippen molar-refractivity contribution >= 4 is 17.8 Å². The Morgan fingerprint density at radius 2 is 2.05 bits per heavy atom. The summed E-state index contributed by atoms with van der Waals surface area (Å²) in [5.41, 5.74) is 5.12. The van der Waals surface area contributed by atoms with E-state index in [-0.39, 0.29) is 25.1 Å². The maximum absolute atomic E-state index is 13.5. The number of benzene rings is 1. The smallest absolute Gasteiger partial charge is 0.326 e. The van der Waals surface area contributed by atoms with Crippen LogP contribution in [-0.2, 0) is 9.59 Å². The first-order valence-electron chi connectivity index (χ1n) is 6.71. The second-order valence-corrected chi connectivity index (χ2v) is 4.99. The zero-order valence-electron chi connectivity index (χ0n) is 11.7. The molecule has 7 nitrogen and oxygen atoms in total. The van der Waals surface area contributed by atoms with E-state index in [0.29, 0.717) is 0 Å². The van der Waals surface area contributed by atoms with E-state index in [1.807, 2.05) is 0 Å². The van der Waals surface area contributed by atoms with Gasteiger partial charge in [-0.3, -0.25) is 9.59 Å². The van der Waals surface area contributed by atoms with Gasteiger partial charge in [0.25, 0.3) is 5.91 Å². The number of nitrogens with two attached hydrogens (primary N) is 1. The van der Waals surface area contributed by atoms with Gasteiger partial charge in [-0.05, 0) is 12.1 Å². The van der Waals surface area contributed by atoms with E-state index in [0.717, 1.165) is 11.0 Å². The number of carboxylic acid groups (broad SMARTS) is 1. The SMILES string of the molecule is NCC(=O)N1C[C@H](NC(=O)c2ccccc2F)C[C@H]1C(=O)O. The third kappa shape index (κ3) is 3.22. The first-order valence-corrected chi connectivity index (χ1v) is 6.71. The van der Waals surface area contributed by atoms with Gasteiger partial charge >= 0.3 is 5.97 Å². The van der Waals surface area contributed by atoms with Crippen LogP contribution in [0.4, 0.5) is 4.39 Å². The van der Waals surface area contributed by atoms with Crippen molar-refractivity contribution in [2.24, 2.45) is 5.73 Å². The molecule has 1 aliphatic rings. The maximum Gasteiger partial charge on any atom is 0.326 e. The van der Waals surface area contributed by atoms with E-state index >= 15 is 0 Å². The van der Waals surface area contributed by atoms with Crippen molar-refractivity contribution in [3.8, 4) is 0 Å². The molecule has 0 aromatic heterocycles. The second-order valence-electron chi connectivity index (χ2n) is 4.99. The topological polar surface area (TPSA) is 113 Å². The molecular weight excluding hydrogens is 293 g/mol. The minimum atomic E-state index is -1.16. The zero-order chi connectivity index (χ0) is 16.3. The second kappa shape index (κ2) is 6.52. The summed E-state index contributed by atoms with van der Waals surface area (Å²) in [6.45, 7) is -0.273. The molecule has 1 aliphatic heterocycles. The van der Waals surface area contributed by atoms with Crippen LogP contribution in [0.15, 0.2) is 24.3 Å². The zero-order valence-corrected chi connectivity index (χ0v) is 11.7. The van der Waals surface area contributed by atoms with Crippen molar-refractivity contribution in [1.82, 2.24) is 10.2 Å². The van der Waals surface area contributed by atoms with E-state index in [9.17, 15) is 18.8 Å². The van der Waals surface area contributed by atoms with Crippen molar-refractivity contribution in [3.05, 3.63) is 35.6 Å². The van der Waals surface area contributed by atoms with Crippen LogP contribution in [0.1, 0.15) is 16.8 Å². The molecule has 1 saturated heterocycles. The molecule has 118 valence electrons. The molecule has 2 amide bonds. The molecule has 2 rings (SSSR count).